The lowest BCUT2D eigenvalue weighted by molar-refractivity contribution is 0.102. The number of thioether (sulfide) groups is 1. The molecule has 0 saturated heterocycles. The zero-order chi connectivity index (χ0) is 21.1. The van der Waals surface area contributed by atoms with E-state index in [4.69, 9.17) is 27.9 Å². The lowest BCUT2D eigenvalue weighted by Gasteiger charge is -2.09. The highest BCUT2D eigenvalue weighted by Crippen LogP contribution is 2.36. The summed E-state index contributed by atoms with van der Waals surface area (Å²) in [7, 11) is 1.55. The van der Waals surface area contributed by atoms with Gasteiger partial charge in [-0.2, -0.15) is 0 Å². The fourth-order valence-electron chi connectivity index (χ4n) is 2.88. The van der Waals surface area contributed by atoms with Gasteiger partial charge >= 0.3 is 0 Å². The standard InChI is InChI=1S/C22H16Cl2N2O2S2/c1-28-19-8-3-2-5-14(19)21(27)25-13-9-10-18-20(11-13)30-22(26-18)29-12-15-16(23)6-4-7-17(15)24/h2-11H,12H2,1H3,(H,25,27). The van der Waals surface area contributed by atoms with Crippen LogP contribution in [-0.4, -0.2) is 18.0 Å². The normalized spacial score (nSPS) is 10.9. The van der Waals surface area contributed by atoms with Crippen LogP contribution in [0.4, 0.5) is 5.69 Å². The highest BCUT2D eigenvalue weighted by molar-refractivity contribution is 8.00. The van der Waals surface area contributed by atoms with Crippen molar-refractivity contribution >= 4 is 68.1 Å². The number of fused-ring (bicyclic) bond motifs is 1. The molecule has 1 N–H and O–H groups in total. The predicted octanol–water partition coefficient (Wildman–Crippen LogP) is 7.16. The molecular formula is C22H16Cl2N2O2S2. The van der Waals surface area contributed by atoms with Crippen molar-refractivity contribution in [2.24, 2.45) is 0 Å². The van der Waals surface area contributed by atoms with Crippen LogP contribution in [0.2, 0.25) is 10.0 Å². The fourth-order valence-corrected chi connectivity index (χ4v) is 5.73. The second-order valence-corrected chi connectivity index (χ2v) is 9.37. The first-order chi connectivity index (χ1) is 14.5. The lowest BCUT2D eigenvalue weighted by Crippen LogP contribution is -2.12. The van der Waals surface area contributed by atoms with Crippen molar-refractivity contribution in [3.8, 4) is 5.75 Å². The summed E-state index contributed by atoms with van der Waals surface area (Å²) < 4.78 is 7.17. The third kappa shape index (κ3) is 4.57. The molecule has 0 atom stereocenters. The van der Waals surface area contributed by atoms with Gasteiger partial charge in [-0.3, -0.25) is 4.79 Å². The number of thiazole rings is 1. The number of ether oxygens (including phenoxy) is 1. The molecule has 0 aliphatic heterocycles. The molecule has 4 rings (SSSR count). The first-order valence-corrected chi connectivity index (χ1v) is 11.5. The number of carbonyl (C=O) groups excluding carboxylic acids is 1. The Morgan fingerprint density at radius 2 is 1.87 bits per heavy atom. The molecule has 0 fully saturated rings. The molecule has 152 valence electrons. The molecule has 0 saturated carbocycles. The number of amides is 1. The molecule has 1 aromatic heterocycles. The van der Waals surface area contributed by atoms with E-state index in [-0.39, 0.29) is 5.91 Å². The van der Waals surface area contributed by atoms with E-state index in [1.807, 2.05) is 42.5 Å². The summed E-state index contributed by atoms with van der Waals surface area (Å²) in [6.45, 7) is 0. The van der Waals surface area contributed by atoms with Gasteiger partial charge in [0.15, 0.2) is 4.34 Å². The van der Waals surface area contributed by atoms with E-state index in [1.54, 1.807) is 48.4 Å². The Morgan fingerprint density at radius 1 is 1.10 bits per heavy atom. The predicted molar refractivity (Wildman–Crippen MR) is 127 cm³/mol. The van der Waals surface area contributed by atoms with Gasteiger partial charge in [-0.1, -0.05) is 53.2 Å². The van der Waals surface area contributed by atoms with E-state index in [9.17, 15) is 4.79 Å². The van der Waals surface area contributed by atoms with Gasteiger partial charge in [0.1, 0.15) is 5.75 Å². The molecular weight excluding hydrogens is 459 g/mol. The first-order valence-electron chi connectivity index (χ1n) is 8.96. The third-order valence-electron chi connectivity index (χ3n) is 4.38. The van der Waals surface area contributed by atoms with Gasteiger partial charge < -0.3 is 10.1 Å². The van der Waals surface area contributed by atoms with Crippen LogP contribution in [0.1, 0.15) is 15.9 Å². The Bertz CT molecular complexity index is 1210. The molecule has 4 nitrogen and oxygen atoms in total. The number of nitrogens with one attached hydrogen (secondary N) is 1. The van der Waals surface area contributed by atoms with Crippen molar-refractivity contribution in [2.45, 2.75) is 10.1 Å². The maximum atomic E-state index is 12.6. The van der Waals surface area contributed by atoms with Crippen LogP contribution in [-0.2, 0) is 5.75 Å². The Kier molecular flexibility index (Phi) is 6.49. The molecule has 4 aromatic rings. The third-order valence-corrected chi connectivity index (χ3v) is 7.28. The average Bonchev–Trinajstić information content (AvgIpc) is 3.15. The number of carbonyl (C=O) groups is 1. The molecule has 30 heavy (non-hydrogen) atoms. The van der Waals surface area contributed by atoms with E-state index in [1.165, 1.54) is 0 Å². The molecule has 3 aromatic carbocycles. The number of hydrogen-bond donors (Lipinski definition) is 1. The lowest BCUT2D eigenvalue weighted by atomic mass is 10.2. The minimum atomic E-state index is -0.223. The van der Waals surface area contributed by atoms with Crippen LogP contribution in [0.25, 0.3) is 10.2 Å². The van der Waals surface area contributed by atoms with Gasteiger partial charge in [-0.25, -0.2) is 4.98 Å². The Balaban J connectivity index is 1.50. The number of hydrogen-bond acceptors (Lipinski definition) is 5. The number of methoxy groups -OCH3 is 1. The van der Waals surface area contributed by atoms with E-state index >= 15 is 0 Å². The summed E-state index contributed by atoms with van der Waals surface area (Å²) in [5, 5.41) is 4.23. The summed E-state index contributed by atoms with van der Waals surface area (Å²) in [6.07, 6.45) is 0. The van der Waals surface area contributed by atoms with Crippen LogP contribution in [0.5, 0.6) is 5.75 Å². The van der Waals surface area contributed by atoms with Crippen LogP contribution in [0.15, 0.2) is 65.0 Å². The van der Waals surface area contributed by atoms with Crippen molar-refractivity contribution < 1.29 is 9.53 Å². The quantitative estimate of drug-likeness (QED) is 0.301. The fraction of sp³-hybridized carbons (Fsp3) is 0.0909. The summed E-state index contributed by atoms with van der Waals surface area (Å²) in [5.74, 6) is 0.945. The Morgan fingerprint density at radius 3 is 2.63 bits per heavy atom. The highest BCUT2D eigenvalue weighted by atomic mass is 35.5. The molecule has 0 spiro atoms. The number of nitrogens with zero attached hydrogens (tertiary/aromatic N) is 1. The molecule has 0 bridgehead atoms. The monoisotopic (exact) mass is 474 g/mol. The molecule has 0 radical (unpaired) electrons. The van der Waals surface area contributed by atoms with Crippen molar-refractivity contribution in [1.29, 1.82) is 0 Å². The average molecular weight is 475 g/mol. The minimum Gasteiger partial charge on any atom is -0.496 e. The summed E-state index contributed by atoms with van der Waals surface area (Å²) >= 11 is 15.7. The number of anilines is 1. The van der Waals surface area contributed by atoms with Crippen LogP contribution in [0.3, 0.4) is 0 Å². The zero-order valence-electron chi connectivity index (χ0n) is 15.8. The highest BCUT2D eigenvalue weighted by Gasteiger charge is 2.13. The molecule has 0 aliphatic carbocycles. The smallest absolute Gasteiger partial charge is 0.259 e. The van der Waals surface area contributed by atoms with Gasteiger partial charge in [0.2, 0.25) is 0 Å². The summed E-state index contributed by atoms with van der Waals surface area (Å²) in [5.41, 5.74) is 2.96. The van der Waals surface area contributed by atoms with Crippen LogP contribution < -0.4 is 10.1 Å². The van der Waals surface area contributed by atoms with E-state index in [0.717, 1.165) is 20.1 Å². The topological polar surface area (TPSA) is 51.2 Å². The van der Waals surface area contributed by atoms with E-state index < -0.39 is 0 Å². The Hall–Kier alpha value is -2.25. The number of para-hydroxylation sites is 1. The SMILES string of the molecule is COc1ccccc1C(=O)Nc1ccc2nc(SCc3c(Cl)cccc3Cl)sc2c1. The van der Waals surface area contributed by atoms with Crippen LogP contribution in [0, 0.1) is 0 Å². The molecule has 0 unspecified atom stereocenters. The van der Waals surface area contributed by atoms with Crippen molar-refractivity contribution in [1.82, 2.24) is 4.98 Å². The second-order valence-electron chi connectivity index (χ2n) is 6.31. The number of rotatable bonds is 6. The van der Waals surface area contributed by atoms with Gasteiger partial charge in [-0.05, 0) is 48.0 Å². The van der Waals surface area contributed by atoms with Crippen molar-refractivity contribution in [3.63, 3.8) is 0 Å². The molecule has 8 heteroatoms. The maximum Gasteiger partial charge on any atom is 0.259 e. The summed E-state index contributed by atoms with van der Waals surface area (Å²) in [6, 6.07) is 18.3. The number of benzene rings is 3. The number of halogens is 2. The minimum absolute atomic E-state index is 0.223. The molecule has 1 amide bonds. The van der Waals surface area contributed by atoms with Gasteiger partial charge in [0.05, 0.1) is 22.9 Å². The zero-order valence-corrected chi connectivity index (χ0v) is 19.0. The Labute approximate surface area is 192 Å². The largest absolute Gasteiger partial charge is 0.496 e. The van der Waals surface area contributed by atoms with Gasteiger partial charge in [0, 0.05) is 21.5 Å². The number of aromatic nitrogens is 1. The second kappa shape index (κ2) is 9.27. The maximum absolute atomic E-state index is 12.6. The first kappa shape index (κ1) is 21.0. The van der Waals surface area contributed by atoms with Crippen molar-refractivity contribution in [3.05, 3.63) is 81.8 Å². The van der Waals surface area contributed by atoms with Crippen LogP contribution >= 0.6 is 46.3 Å². The van der Waals surface area contributed by atoms with E-state index in [2.05, 4.69) is 10.3 Å². The molecule has 0 aliphatic rings. The van der Waals surface area contributed by atoms with Gasteiger partial charge in [-0.15, -0.1) is 11.3 Å². The van der Waals surface area contributed by atoms with Crippen molar-refractivity contribution in [2.75, 3.05) is 12.4 Å². The summed E-state index contributed by atoms with van der Waals surface area (Å²) in [4.78, 5) is 17.3. The molecule has 1 heterocycles. The van der Waals surface area contributed by atoms with E-state index in [0.29, 0.717) is 32.8 Å². The van der Waals surface area contributed by atoms with Gasteiger partial charge in [0.25, 0.3) is 5.91 Å².